The third kappa shape index (κ3) is 9.05. The third-order valence-corrected chi connectivity index (χ3v) is 3.14. The van der Waals surface area contributed by atoms with Crippen LogP contribution in [-0.2, 0) is 14.3 Å². The Balaban J connectivity index is 2.36. The van der Waals surface area contributed by atoms with E-state index in [1.807, 2.05) is 20.8 Å². The fraction of sp³-hybridized carbons (Fsp3) is 0.500. The van der Waals surface area contributed by atoms with Crippen LogP contribution in [0.2, 0.25) is 0 Å². The number of carbonyl (C=O) groups excluding carboxylic acids is 2. The largest absolute Gasteiger partial charge is 0.462 e. The summed E-state index contributed by atoms with van der Waals surface area (Å²) in [6.45, 7) is 8.15. The van der Waals surface area contributed by atoms with Gasteiger partial charge in [0.2, 0.25) is 0 Å². The fourth-order valence-electron chi connectivity index (χ4n) is 1.94. The van der Waals surface area contributed by atoms with Gasteiger partial charge in [0.25, 0.3) is 0 Å². The van der Waals surface area contributed by atoms with Gasteiger partial charge in [0.1, 0.15) is 5.60 Å². The number of esters is 2. The van der Waals surface area contributed by atoms with Crippen molar-refractivity contribution in [1.29, 1.82) is 0 Å². The summed E-state index contributed by atoms with van der Waals surface area (Å²) in [4.78, 5) is 23.3. The standard InChI is InChI=1S/C18H26N2O4S/c1-5-23-16(22)13-8-6-9-14(12-13)20-17(25)19-11-7-10-15(21)24-18(2,3)4/h6,8-9,12H,5,7,10-11H2,1-4H3,(H2,19,20,25). The van der Waals surface area contributed by atoms with Crippen molar-refractivity contribution in [3.63, 3.8) is 0 Å². The Kier molecular flexibility index (Phi) is 8.34. The number of rotatable bonds is 7. The summed E-state index contributed by atoms with van der Waals surface area (Å²) in [5.41, 5.74) is 0.681. The van der Waals surface area contributed by atoms with Gasteiger partial charge in [0.15, 0.2) is 5.11 Å². The molecule has 0 saturated carbocycles. The van der Waals surface area contributed by atoms with Crippen molar-refractivity contribution in [3.8, 4) is 0 Å². The van der Waals surface area contributed by atoms with E-state index in [1.165, 1.54) is 0 Å². The van der Waals surface area contributed by atoms with Crippen LogP contribution in [0.25, 0.3) is 0 Å². The SMILES string of the molecule is CCOC(=O)c1cccc(NC(=S)NCCCC(=O)OC(C)(C)C)c1. The molecule has 0 bridgehead atoms. The highest BCUT2D eigenvalue weighted by Crippen LogP contribution is 2.12. The van der Waals surface area contributed by atoms with E-state index in [2.05, 4.69) is 10.6 Å². The summed E-state index contributed by atoms with van der Waals surface area (Å²) in [5, 5.41) is 6.44. The van der Waals surface area contributed by atoms with Gasteiger partial charge >= 0.3 is 11.9 Å². The first-order valence-corrected chi connectivity index (χ1v) is 8.66. The minimum absolute atomic E-state index is 0.227. The first kappa shape index (κ1) is 20.9. The van der Waals surface area contributed by atoms with Crippen LogP contribution in [0.5, 0.6) is 0 Å². The number of thiocarbonyl (C=S) groups is 1. The highest BCUT2D eigenvalue weighted by Gasteiger charge is 2.15. The Morgan fingerprint density at radius 3 is 2.60 bits per heavy atom. The third-order valence-electron chi connectivity index (χ3n) is 2.89. The first-order valence-electron chi connectivity index (χ1n) is 8.25. The lowest BCUT2D eigenvalue weighted by Gasteiger charge is -2.19. The number of hydrogen-bond acceptors (Lipinski definition) is 5. The number of ether oxygens (including phenoxy) is 2. The topological polar surface area (TPSA) is 76.7 Å². The first-order chi connectivity index (χ1) is 11.7. The zero-order valence-corrected chi connectivity index (χ0v) is 16.0. The lowest BCUT2D eigenvalue weighted by atomic mass is 10.2. The molecule has 0 unspecified atom stereocenters. The fourth-order valence-corrected chi connectivity index (χ4v) is 2.16. The van der Waals surface area contributed by atoms with Crippen LogP contribution in [0.1, 0.15) is 50.9 Å². The molecule has 0 spiro atoms. The van der Waals surface area contributed by atoms with E-state index in [-0.39, 0.29) is 11.9 Å². The number of anilines is 1. The Morgan fingerprint density at radius 1 is 1.24 bits per heavy atom. The van der Waals surface area contributed by atoms with Gasteiger partial charge in [-0.3, -0.25) is 4.79 Å². The Labute approximate surface area is 154 Å². The van der Waals surface area contributed by atoms with Crippen molar-refractivity contribution in [3.05, 3.63) is 29.8 Å². The lowest BCUT2D eigenvalue weighted by molar-refractivity contribution is -0.154. The molecule has 0 amide bonds. The smallest absolute Gasteiger partial charge is 0.338 e. The second-order valence-electron chi connectivity index (χ2n) is 6.37. The maximum absolute atomic E-state index is 11.7. The summed E-state index contributed by atoms with van der Waals surface area (Å²) in [6, 6.07) is 6.91. The van der Waals surface area contributed by atoms with Crippen molar-refractivity contribution in [2.75, 3.05) is 18.5 Å². The molecule has 0 aromatic heterocycles. The molecule has 1 aromatic carbocycles. The molecule has 0 heterocycles. The van der Waals surface area contributed by atoms with E-state index in [0.717, 1.165) is 0 Å². The van der Waals surface area contributed by atoms with Gasteiger partial charge in [-0.1, -0.05) is 6.07 Å². The Morgan fingerprint density at radius 2 is 1.96 bits per heavy atom. The van der Waals surface area contributed by atoms with Gasteiger partial charge < -0.3 is 20.1 Å². The van der Waals surface area contributed by atoms with Gasteiger partial charge in [0, 0.05) is 18.7 Å². The molecule has 1 rings (SSSR count). The van der Waals surface area contributed by atoms with Crippen LogP contribution in [0.15, 0.2) is 24.3 Å². The minimum Gasteiger partial charge on any atom is -0.462 e. The Bertz CT molecular complexity index is 611. The van der Waals surface area contributed by atoms with Crippen LogP contribution in [0.3, 0.4) is 0 Å². The predicted octanol–water partition coefficient (Wildman–Crippen LogP) is 3.27. The summed E-state index contributed by atoms with van der Waals surface area (Å²) >= 11 is 5.21. The minimum atomic E-state index is -0.467. The molecule has 0 saturated heterocycles. The monoisotopic (exact) mass is 366 g/mol. The molecule has 1 aromatic rings. The molecule has 0 aliphatic rings. The van der Waals surface area contributed by atoms with Gasteiger partial charge in [-0.25, -0.2) is 4.79 Å². The maximum Gasteiger partial charge on any atom is 0.338 e. The van der Waals surface area contributed by atoms with Crippen molar-refractivity contribution in [2.24, 2.45) is 0 Å². The average Bonchev–Trinajstić information content (AvgIpc) is 2.50. The van der Waals surface area contributed by atoms with Crippen LogP contribution < -0.4 is 10.6 Å². The second kappa shape index (κ2) is 9.98. The molecule has 0 fully saturated rings. The summed E-state index contributed by atoms with van der Waals surface area (Å²) < 4.78 is 10.2. The molecule has 6 nitrogen and oxygen atoms in total. The van der Waals surface area contributed by atoms with E-state index < -0.39 is 5.60 Å². The van der Waals surface area contributed by atoms with E-state index in [1.54, 1.807) is 31.2 Å². The van der Waals surface area contributed by atoms with Gasteiger partial charge in [-0.05, 0) is 64.5 Å². The molecule has 0 aliphatic carbocycles. The number of hydrogen-bond donors (Lipinski definition) is 2. The normalized spacial score (nSPS) is 10.7. The quantitative estimate of drug-likeness (QED) is 0.436. The number of nitrogens with one attached hydrogen (secondary N) is 2. The second-order valence-corrected chi connectivity index (χ2v) is 6.78. The molecule has 2 N–H and O–H groups in total. The Hall–Kier alpha value is -2.15. The highest BCUT2D eigenvalue weighted by atomic mass is 32.1. The van der Waals surface area contributed by atoms with Gasteiger partial charge in [0.05, 0.1) is 12.2 Å². The van der Waals surface area contributed by atoms with E-state index in [9.17, 15) is 9.59 Å². The molecule has 0 aliphatic heterocycles. The molecule has 138 valence electrons. The van der Waals surface area contributed by atoms with E-state index in [4.69, 9.17) is 21.7 Å². The van der Waals surface area contributed by atoms with Gasteiger partial charge in [-0.2, -0.15) is 0 Å². The van der Waals surface area contributed by atoms with Crippen LogP contribution >= 0.6 is 12.2 Å². The molecule has 0 atom stereocenters. The van der Waals surface area contributed by atoms with Crippen molar-refractivity contribution < 1.29 is 19.1 Å². The lowest BCUT2D eigenvalue weighted by Crippen LogP contribution is -2.30. The zero-order chi connectivity index (χ0) is 18.9. The van der Waals surface area contributed by atoms with Crippen LogP contribution in [0.4, 0.5) is 5.69 Å². The van der Waals surface area contributed by atoms with Crippen molar-refractivity contribution in [1.82, 2.24) is 5.32 Å². The number of benzene rings is 1. The summed E-state index contributed by atoms with van der Waals surface area (Å²) in [7, 11) is 0. The molecule has 25 heavy (non-hydrogen) atoms. The zero-order valence-electron chi connectivity index (χ0n) is 15.2. The van der Waals surface area contributed by atoms with Crippen molar-refractivity contribution in [2.45, 2.75) is 46.1 Å². The van der Waals surface area contributed by atoms with E-state index in [0.29, 0.717) is 42.4 Å². The van der Waals surface area contributed by atoms with Crippen LogP contribution in [0, 0.1) is 0 Å². The molecule has 7 heteroatoms. The van der Waals surface area contributed by atoms with Gasteiger partial charge in [-0.15, -0.1) is 0 Å². The number of carbonyl (C=O) groups is 2. The van der Waals surface area contributed by atoms with Crippen LogP contribution in [-0.4, -0.2) is 35.8 Å². The summed E-state index contributed by atoms with van der Waals surface area (Å²) in [6.07, 6.45) is 0.935. The molecular weight excluding hydrogens is 340 g/mol. The summed E-state index contributed by atoms with van der Waals surface area (Å²) in [5.74, 6) is -0.599. The predicted molar refractivity (Wildman–Crippen MR) is 102 cm³/mol. The van der Waals surface area contributed by atoms with Crippen molar-refractivity contribution >= 4 is 35.0 Å². The molecule has 0 radical (unpaired) electrons. The maximum atomic E-state index is 11.7. The average molecular weight is 366 g/mol. The van der Waals surface area contributed by atoms with E-state index >= 15 is 0 Å². The molecular formula is C18H26N2O4S. The highest BCUT2D eigenvalue weighted by molar-refractivity contribution is 7.80.